The van der Waals surface area contributed by atoms with E-state index in [4.69, 9.17) is 9.47 Å². The van der Waals surface area contributed by atoms with Crippen molar-refractivity contribution in [2.24, 2.45) is 5.41 Å². The normalized spacial score (nSPS) is 14.3. The van der Waals surface area contributed by atoms with Crippen LogP contribution >= 0.6 is 0 Å². The number of nitrogens with zero attached hydrogens (tertiary/aromatic N) is 1. The Morgan fingerprint density at radius 3 is 2.21 bits per heavy atom. The van der Waals surface area contributed by atoms with Crippen LogP contribution in [0.2, 0.25) is 0 Å². The summed E-state index contributed by atoms with van der Waals surface area (Å²) in [4.78, 5) is 26.5. The number of carbonyl (C=O) groups excluding carboxylic acids is 2. The molecule has 0 aliphatic heterocycles. The van der Waals surface area contributed by atoms with Crippen LogP contribution in [0.4, 0.5) is 5.69 Å². The number of para-hydroxylation sites is 1. The molecule has 1 saturated carbocycles. The first-order valence-electron chi connectivity index (χ1n) is 13.1. The molecule has 0 spiro atoms. The van der Waals surface area contributed by atoms with Crippen LogP contribution in [0.1, 0.15) is 41.6 Å². The maximum Gasteiger partial charge on any atom is 0.337 e. The minimum Gasteiger partial charge on any atom is -0.465 e. The molecule has 0 radical (unpaired) electrons. The van der Waals surface area contributed by atoms with Crippen LogP contribution < -0.4 is 15.4 Å². The van der Waals surface area contributed by atoms with E-state index in [1.165, 1.54) is 20.0 Å². The number of amides is 1. The molecule has 7 nitrogen and oxygen atoms in total. The first kappa shape index (κ1) is 27.4. The Kier molecular flexibility index (Phi) is 9.51. The van der Waals surface area contributed by atoms with Gasteiger partial charge in [0.1, 0.15) is 11.5 Å². The minimum atomic E-state index is -0.324. The molecule has 1 aliphatic rings. The molecule has 4 rings (SSSR count). The highest BCUT2D eigenvalue weighted by molar-refractivity contribution is 5.92. The number of nitrogens with one attached hydrogen (secondary N) is 2. The Hall–Kier alpha value is -3.68. The Labute approximate surface area is 225 Å². The molecule has 0 bridgehead atoms. The summed E-state index contributed by atoms with van der Waals surface area (Å²) >= 11 is 0. The molecular formula is C31H37N3O4. The molecule has 38 heavy (non-hydrogen) atoms. The van der Waals surface area contributed by atoms with Crippen molar-refractivity contribution in [1.29, 1.82) is 0 Å². The fraction of sp³-hybridized carbons (Fsp3) is 0.355. The van der Waals surface area contributed by atoms with Gasteiger partial charge >= 0.3 is 5.97 Å². The molecule has 3 aromatic carbocycles. The molecule has 1 fully saturated rings. The molecule has 1 aliphatic carbocycles. The molecule has 0 aromatic heterocycles. The lowest BCUT2D eigenvalue weighted by Gasteiger charge is -2.34. The van der Waals surface area contributed by atoms with E-state index in [0.29, 0.717) is 12.1 Å². The first-order chi connectivity index (χ1) is 18.4. The van der Waals surface area contributed by atoms with E-state index in [1.54, 1.807) is 12.1 Å². The molecule has 7 heteroatoms. The van der Waals surface area contributed by atoms with Gasteiger partial charge in [-0.05, 0) is 79.4 Å². The van der Waals surface area contributed by atoms with Crippen LogP contribution in [0.5, 0.6) is 11.5 Å². The maximum atomic E-state index is 12.7. The van der Waals surface area contributed by atoms with Gasteiger partial charge in [0, 0.05) is 25.3 Å². The maximum absolute atomic E-state index is 12.7. The van der Waals surface area contributed by atoms with E-state index < -0.39 is 0 Å². The number of esters is 1. The van der Waals surface area contributed by atoms with Gasteiger partial charge in [-0.25, -0.2) is 4.79 Å². The third-order valence-corrected chi connectivity index (χ3v) is 7.00. The second-order valence-electron chi connectivity index (χ2n) is 10.2. The lowest BCUT2D eigenvalue weighted by Crippen LogP contribution is -2.43. The average Bonchev–Trinajstić information content (AvgIpc) is 3.38. The van der Waals surface area contributed by atoms with Gasteiger partial charge in [0.05, 0.1) is 19.2 Å². The van der Waals surface area contributed by atoms with Crippen molar-refractivity contribution in [3.05, 3.63) is 90.0 Å². The SMILES string of the molecule is COC(=O)c1ccc(CNCC2(CN(C)CC(=O)Nc3ccc(Oc4ccccc4)cc3)CCCC2)cc1. The number of likely N-dealkylation sites (N-methyl/N-ethyl adjacent to an activating group) is 1. The highest BCUT2D eigenvalue weighted by Gasteiger charge is 2.34. The third-order valence-electron chi connectivity index (χ3n) is 7.00. The van der Waals surface area contributed by atoms with Crippen LogP contribution in [0.3, 0.4) is 0 Å². The van der Waals surface area contributed by atoms with Crippen LogP contribution in [0.25, 0.3) is 0 Å². The van der Waals surface area contributed by atoms with E-state index in [1.807, 2.05) is 73.8 Å². The summed E-state index contributed by atoms with van der Waals surface area (Å²) in [5.74, 6) is 1.14. The van der Waals surface area contributed by atoms with E-state index in [0.717, 1.165) is 55.2 Å². The third kappa shape index (κ3) is 7.91. The van der Waals surface area contributed by atoms with Gasteiger partial charge < -0.3 is 20.1 Å². The quantitative estimate of drug-likeness (QED) is 0.311. The summed E-state index contributed by atoms with van der Waals surface area (Å²) in [6, 6.07) is 24.5. The molecule has 0 unspecified atom stereocenters. The van der Waals surface area contributed by atoms with Crippen LogP contribution in [0, 0.1) is 5.41 Å². The zero-order valence-electron chi connectivity index (χ0n) is 22.2. The molecule has 0 saturated heterocycles. The number of methoxy groups -OCH3 is 1. The molecule has 1 amide bonds. The fourth-order valence-corrected chi connectivity index (χ4v) is 5.17. The molecular weight excluding hydrogens is 478 g/mol. The van der Waals surface area contributed by atoms with E-state index in [-0.39, 0.29) is 17.3 Å². The zero-order valence-corrected chi connectivity index (χ0v) is 22.2. The largest absolute Gasteiger partial charge is 0.465 e. The highest BCUT2D eigenvalue weighted by Crippen LogP contribution is 2.38. The molecule has 0 atom stereocenters. The number of hydrogen-bond donors (Lipinski definition) is 2. The monoisotopic (exact) mass is 515 g/mol. The number of ether oxygens (including phenoxy) is 2. The summed E-state index contributed by atoms with van der Waals surface area (Å²) in [6.07, 6.45) is 4.73. The van der Waals surface area contributed by atoms with Gasteiger partial charge in [-0.3, -0.25) is 9.69 Å². The van der Waals surface area contributed by atoms with Crippen molar-refractivity contribution in [2.75, 3.05) is 39.1 Å². The predicted molar refractivity (Wildman–Crippen MR) is 149 cm³/mol. The van der Waals surface area contributed by atoms with Crippen molar-refractivity contribution >= 4 is 17.6 Å². The van der Waals surface area contributed by atoms with Gasteiger partial charge in [-0.1, -0.05) is 43.2 Å². The summed E-state index contributed by atoms with van der Waals surface area (Å²) in [5, 5.41) is 6.61. The van der Waals surface area contributed by atoms with Gasteiger partial charge in [-0.2, -0.15) is 0 Å². The summed E-state index contributed by atoms with van der Waals surface area (Å²) in [6.45, 7) is 2.82. The van der Waals surface area contributed by atoms with Crippen molar-refractivity contribution in [3.8, 4) is 11.5 Å². The standard InChI is InChI=1S/C31H37N3O4/c1-34(21-29(35)33-26-14-16-28(17-15-26)38-27-8-4-3-5-9-27)23-31(18-6-7-19-31)22-32-20-24-10-12-25(13-11-24)30(36)37-2/h3-5,8-17,32H,6-7,18-23H2,1-2H3,(H,33,35). The van der Waals surface area contributed by atoms with Gasteiger partial charge in [0.2, 0.25) is 5.91 Å². The number of carbonyl (C=O) groups is 2. The Morgan fingerprint density at radius 2 is 1.55 bits per heavy atom. The molecule has 3 aromatic rings. The topological polar surface area (TPSA) is 79.9 Å². The minimum absolute atomic E-state index is 0.0315. The summed E-state index contributed by atoms with van der Waals surface area (Å²) < 4.78 is 10.6. The van der Waals surface area contributed by atoms with Crippen molar-refractivity contribution < 1.29 is 19.1 Å². The second-order valence-corrected chi connectivity index (χ2v) is 10.2. The van der Waals surface area contributed by atoms with E-state index in [2.05, 4.69) is 15.5 Å². The average molecular weight is 516 g/mol. The van der Waals surface area contributed by atoms with Gasteiger partial charge in [-0.15, -0.1) is 0 Å². The Balaban J connectivity index is 1.23. The lowest BCUT2D eigenvalue weighted by atomic mass is 9.85. The zero-order chi connectivity index (χ0) is 26.8. The Morgan fingerprint density at radius 1 is 0.895 bits per heavy atom. The van der Waals surface area contributed by atoms with E-state index in [9.17, 15) is 9.59 Å². The first-order valence-corrected chi connectivity index (χ1v) is 13.1. The highest BCUT2D eigenvalue weighted by atomic mass is 16.5. The lowest BCUT2D eigenvalue weighted by molar-refractivity contribution is -0.117. The molecule has 0 heterocycles. The predicted octanol–water partition coefficient (Wildman–Crippen LogP) is 5.49. The number of rotatable bonds is 12. The second kappa shape index (κ2) is 13.2. The smallest absolute Gasteiger partial charge is 0.337 e. The van der Waals surface area contributed by atoms with Crippen LogP contribution in [-0.2, 0) is 16.1 Å². The van der Waals surface area contributed by atoms with Crippen LogP contribution in [-0.4, -0.2) is 50.6 Å². The molecule has 200 valence electrons. The van der Waals surface area contributed by atoms with E-state index >= 15 is 0 Å². The van der Waals surface area contributed by atoms with Crippen molar-refractivity contribution in [1.82, 2.24) is 10.2 Å². The fourth-order valence-electron chi connectivity index (χ4n) is 5.17. The molecule has 2 N–H and O–H groups in total. The van der Waals surface area contributed by atoms with Gasteiger partial charge in [0.15, 0.2) is 0 Å². The van der Waals surface area contributed by atoms with Gasteiger partial charge in [0.25, 0.3) is 0 Å². The number of hydrogen-bond acceptors (Lipinski definition) is 6. The van der Waals surface area contributed by atoms with Crippen molar-refractivity contribution in [2.45, 2.75) is 32.2 Å². The summed E-state index contributed by atoms with van der Waals surface area (Å²) in [7, 11) is 3.40. The Bertz CT molecular complexity index is 1170. The van der Waals surface area contributed by atoms with Crippen LogP contribution in [0.15, 0.2) is 78.9 Å². The summed E-state index contributed by atoms with van der Waals surface area (Å²) in [5.41, 5.74) is 2.58. The number of anilines is 1. The number of benzene rings is 3. The van der Waals surface area contributed by atoms with Crippen molar-refractivity contribution in [3.63, 3.8) is 0 Å².